The molecule has 7 heteroatoms. The van der Waals surface area contributed by atoms with Gasteiger partial charge >= 0.3 is 0 Å². The third kappa shape index (κ3) is 3.92. The monoisotopic (exact) mass is 448 g/mol. The molecule has 2 aliphatic heterocycles. The molecule has 0 unspecified atom stereocenters. The summed E-state index contributed by atoms with van der Waals surface area (Å²) in [5, 5.41) is 10.3. The Bertz CT molecular complexity index is 1260. The lowest BCUT2D eigenvalue weighted by Gasteiger charge is -2.29. The minimum Gasteiger partial charge on any atom is -0.508 e. The number of nitrogens with zero attached hydrogens (tertiary/aromatic N) is 2. The number of aryl methyl sites for hydroxylation is 2. The molecule has 172 valence electrons. The van der Waals surface area contributed by atoms with Gasteiger partial charge in [0, 0.05) is 26.2 Å². The number of aromatic hydroxyl groups is 1. The van der Waals surface area contributed by atoms with Crippen molar-refractivity contribution in [1.29, 1.82) is 0 Å². The summed E-state index contributed by atoms with van der Waals surface area (Å²) in [4.78, 5) is 31.2. The molecule has 0 saturated carbocycles. The average Bonchev–Trinajstić information content (AvgIpc) is 3.09. The Kier molecular flexibility index (Phi) is 5.68. The van der Waals surface area contributed by atoms with Gasteiger partial charge in [-0.3, -0.25) is 14.5 Å². The van der Waals surface area contributed by atoms with Crippen LogP contribution in [0.25, 0.3) is 11.0 Å². The van der Waals surface area contributed by atoms with Crippen LogP contribution < -0.4 is 5.43 Å². The summed E-state index contributed by atoms with van der Waals surface area (Å²) in [5.74, 6) is 0.00120. The van der Waals surface area contributed by atoms with E-state index in [-0.39, 0.29) is 22.8 Å². The van der Waals surface area contributed by atoms with E-state index in [1.807, 2.05) is 26.0 Å². The molecule has 1 atom stereocenters. The van der Waals surface area contributed by atoms with Crippen molar-refractivity contribution < 1.29 is 19.1 Å². The standard InChI is InChI=1S/C26H28N2O5/c1-16-14-20-21(15-17(16)2)33-25-22(24(20)30)23(18-4-6-19(29)7-5-18)28(26(25)31)9-3-8-27-10-12-32-13-11-27/h4-7,14-15,23,29H,3,8-13H2,1-2H3/t23-/m1/s1. The van der Waals surface area contributed by atoms with E-state index in [2.05, 4.69) is 4.90 Å². The lowest BCUT2D eigenvalue weighted by molar-refractivity contribution is 0.0353. The van der Waals surface area contributed by atoms with Crippen molar-refractivity contribution in [3.8, 4) is 5.75 Å². The van der Waals surface area contributed by atoms with E-state index in [0.29, 0.717) is 23.1 Å². The predicted molar refractivity (Wildman–Crippen MR) is 125 cm³/mol. The molecule has 5 rings (SSSR count). The highest BCUT2D eigenvalue weighted by molar-refractivity contribution is 5.99. The first-order valence-electron chi connectivity index (χ1n) is 11.4. The molecule has 0 spiro atoms. The van der Waals surface area contributed by atoms with Gasteiger partial charge in [-0.15, -0.1) is 0 Å². The summed E-state index contributed by atoms with van der Waals surface area (Å²) in [6, 6.07) is 9.83. The van der Waals surface area contributed by atoms with Crippen LogP contribution in [0.15, 0.2) is 45.6 Å². The van der Waals surface area contributed by atoms with Crippen LogP contribution in [0, 0.1) is 13.8 Å². The number of phenols is 1. The molecule has 1 amide bonds. The number of benzene rings is 2. The minimum absolute atomic E-state index is 0.125. The summed E-state index contributed by atoms with van der Waals surface area (Å²) >= 11 is 0. The second kappa shape index (κ2) is 8.65. The highest BCUT2D eigenvalue weighted by atomic mass is 16.5. The van der Waals surface area contributed by atoms with Gasteiger partial charge in [0.2, 0.25) is 5.76 Å². The number of hydrogen-bond acceptors (Lipinski definition) is 6. The van der Waals surface area contributed by atoms with E-state index in [4.69, 9.17) is 9.15 Å². The first-order chi connectivity index (χ1) is 15.9. The molecule has 0 bridgehead atoms. The normalized spacial score (nSPS) is 18.8. The Morgan fingerprint density at radius 3 is 2.42 bits per heavy atom. The molecule has 2 aromatic carbocycles. The van der Waals surface area contributed by atoms with Crippen molar-refractivity contribution in [2.24, 2.45) is 0 Å². The number of fused-ring (bicyclic) bond motifs is 2. The van der Waals surface area contributed by atoms with Gasteiger partial charge in [-0.25, -0.2) is 0 Å². The maximum absolute atomic E-state index is 13.6. The molecule has 1 N–H and O–H groups in total. The van der Waals surface area contributed by atoms with Crippen molar-refractivity contribution in [3.63, 3.8) is 0 Å². The number of rotatable bonds is 5. The first kappa shape index (κ1) is 21.7. The maximum Gasteiger partial charge on any atom is 0.290 e. The summed E-state index contributed by atoms with van der Waals surface area (Å²) in [6.45, 7) is 8.51. The third-order valence-electron chi connectivity index (χ3n) is 6.77. The molecule has 1 saturated heterocycles. The summed E-state index contributed by atoms with van der Waals surface area (Å²) in [5.41, 5.74) is 3.44. The lowest BCUT2D eigenvalue weighted by atomic mass is 9.97. The molecule has 0 radical (unpaired) electrons. The van der Waals surface area contributed by atoms with Crippen molar-refractivity contribution in [3.05, 3.63) is 74.6 Å². The fourth-order valence-electron chi connectivity index (χ4n) is 4.80. The van der Waals surface area contributed by atoms with E-state index < -0.39 is 6.04 Å². The number of ether oxygens (including phenoxy) is 1. The van der Waals surface area contributed by atoms with Crippen LogP contribution in [0.2, 0.25) is 0 Å². The quantitative estimate of drug-likeness (QED) is 0.644. The number of amides is 1. The summed E-state index contributed by atoms with van der Waals surface area (Å²) in [7, 11) is 0. The Hall–Kier alpha value is -3.16. The van der Waals surface area contributed by atoms with E-state index in [1.165, 1.54) is 0 Å². The Morgan fingerprint density at radius 1 is 1.00 bits per heavy atom. The van der Waals surface area contributed by atoms with Crippen molar-refractivity contribution in [1.82, 2.24) is 9.80 Å². The van der Waals surface area contributed by atoms with Crippen molar-refractivity contribution >= 4 is 16.9 Å². The van der Waals surface area contributed by atoms with E-state index in [1.54, 1.807) is 29.2 Å². The largest absolute Gasteiger partial charge is 0.508 e. The Labute approximate surface area is 192 Å². The molecule has 0 aliphatic carbocycles. The molecule has 3 heterocycles. The van der Waals surface area contributed by atoms with Crippen LogP contribution in [0.4, 0.5) is 0 Å². The summed E-state index contributed by atoms with van der Waals surface area (Å²) in [6.07, 6.45) is 0.778. The molecular weight excluding hydrogens is 420 g/mol. The van der Waals surface area contributed by atoms with E-state index in [9.17, 15) is 14.7 Å². The molecule has 1 fully saturated rings. The number of carbonyl (C=O) groups is 1. The van der Waals surface area contributed by atoms with Crippen LogP contribution in [0.5, 0.6) is 5.75 Å². The van der Waals surface area contributed by atoms with Gasteiger partial charge in [-0.1, -0.05) is 12.1 Å². The summed E-state index contributed by atoms with van der Waals surface area (Å²) < 4.78 is 11.5. The Morgan fingerprint density at radius 2 is 1.70 bits per heavy atom. The maximum atomic E-state index is 13.6. The fourth-order valence-corrected chi connectivity index (χ4v) is 4.80. The molecule has 33 heavy (non-hydrogen) atoms. The highest BCUT2D eigenvalue weighted by Crippen LogP contribution is 2.38. The smallest absolute Gasteiger partial charge is 0.290 e. The average molecular weight is 449 g/mol. The van der Waals surface area contributed by atoms with Crippen LogP contribution in [-0.4, -0.2) is 60.2 Å². The molecule has 2 aliphatic rings. The van der Waals surface area contributed by atoms with Crippen molar-refractivity contribution in [2.45, 2.75) is 26.3 Å². The molecule has 7 nitrogen and oxygen atoms in total. The molecular formula is C26H28N2O5. The fraction of sp³-hybridized carbons (Fsp3) is 0.385. The highest BCUT2D eigenvalue weighted by Gasteiger charge is 2.42. The topological polar surface area (TPSA) is 83.2 Å². The number of carbonyl (C=O) groups excluding carboxylic acids is 1. The van der Waals surface area contributed by atoms with E-state index >= 15 is 0 Å². The lowest BCUT2D eigenvalue weighted by Crippen LogP contribution is -2.38. The Balaban J connectivity index is 1.55. The van der Waals surface area contributed by atoms with E-state index in [0.717, 1.165) is 56.0 Å². The van der Waals surface area contributed by atoms with Crippen molar-refractivity contribution in [2.75, 3.05) is 39.4 Å². The predicted octanol–water partition coefficient (Wildman–Crippen LogP) is 3.38. The van der Waals surface area contributed by atoms with Crippen LogP contribution in [-0.2, 0) is 4.74 Å². The van der Waals surface area contributed by atoms with Crippen LogP contribution in [0.1, 0.15) is 45.3 Å². The van der Waals surface area contributed by atoms with Gasteiger partial charge in [-0.05, 0) is 61.2 Å². The van der Waals surface area contributed by atoms with Crippen LogP contribution >= 0.6 is 0 Å². The van der Waals surface area contributed by atoms with Gasteiger partial charge in [-0.2, -0.15) is 0 Å². The SMILES string of the molecule is Cc1cc2oc3c(c(=O)c2cc1C)[C@@H](c1ccc(O)cc1)N(CCCN1CCOCC1)C3=O. The van der Waals surface area contributed by atoms with Gasteiger partial charge in [0.25, 0.3) is 5.91 Å². The zero-order valence-electron chi connectivity index (χ0n) is 19.0. The zero-order chi connectivity index (χ0) is 23.1. The number of phenolic OH excluding ortho intramolecular Hbond substituents is 1. The third-order valence-corrected chi connectivity index (χ3v) is 6.77. The van der Waals surface area contributed by atoms with Crippen LogP contribution in [0.3, 0.4) is 0 Å². The second-order valence-corrected chi connectivity index (χ2v) is 8.91. The minimum atomic E-state index is -0.542. The molecule has 3 aromatic rings. The van der Waals surface area contributed by atoms with Gasteiger partial charge < -0.3 is 19.2 Å². The zero-order valence-corrected chi connectivity index (χ0v) is 19.0. The molecule has 1 aromatic heterocycles. The first-order valence-corrected chi connectivity index (χ1v) is 11.4. The second-order valence-electron chi connectivity index (χ2n) is 8.91. The van der Waals surface area contributed by atoms with Gasteiger partial charge in [0.05, 0.1) is 30.2 Å². The number of hydrogen-bond donors (Lipinski definition) is 1. The number of morpholine rings is 1. The van der Waals surface area contributed by atoms with Gasteiger partial charge in [0.1, 0.15) is 11.3 Å². The van der Waals surface area contributed by atoms with Gasteiger partial charge in [0.15, 0.2) is 5.43 Å².